The third-order valence-corrected chi connectivity index (χ3v) is 6.08. The normalized spacial score (nSPS) is 26.7. The molecule has 0 bridgehead atoms. The van der Waals surface area contributed by atoms with Crippen molar-refractivity contribution in [2.45, 2.75) is 57.4 Å². The van der Waals surface area contributed by atoms with E-state index in [-0.39, 0.29) is 5.60 Å². The Balaban J connectivity index is 1.36. The zero-order chi connectivity index (χ0) is 17.4. The molecular weight excluding hydrogens is 312 g/mol. The number of piperidine rings is 1. The Hall–Kier alpha value is -1.43. The number of para-hydroxylation sites is 2. The predicted octanol–water partition coefficient (Wildman–Crippen LogP) is 2.58. The molecule has 2 aliphatic rings. The summed E-state index contributed by atoms with van der Waals surface area (Å²) in [7, 11) is 2.21. The highest BCUT2D eigenvalue weighted by atomic mass is 16.5. The maximum atomic E-state index is 6.42. The lowest BCUT2D eigenvalue weighted by molar-refractivity contribution is -0.0693. The minimum absolute atomic E-state index is 0.112. The Morgan fingerprint density at radius 3 is 2.84 bits per heavy atom. The molecule has 1 N–H and O–H groups in total. The summed E-state index contributed by atoms with van der Waals surface area (Å²) in [6.45, 7) is 8.53. The fourth-order valence-electron chi connectivity index (χ4n) is 4.52. The van der Waals surface area contributed by atoms with E-state index < -0.39 is 0 Å². The van der Waals surface area contributed by atoms with Crippen molar-refractivity contribution in [3.05, 3.63) is 30.1 Å². The average molecular weight is 342 g/mol. The van der Waals surface area contributed by atoms with Crippen molar-refractivity contribution in [3.63, 3.8) is 0 Å². The van der Waals surface area contributed by atoms with Gasteiger partial charge in [0.2, 0.25) is 0 Å². The van der Waals surface area contributed by atoms with Gasteiger partial charge in [-0.1, -0.05) is 12.1 Å². The third-order valence-electron chi connectivity index (χ3n) is 6.08. The van der Waals surface area contributed by atoms with Gasteiger partial charge in [-0.15, -0.1) is 0 Å². The van der Waals surface area contributed by atoms with Crippen LogP contribution in [0.25, 0.3) is 11.0 Å². The molecular formula is C20H30N4O. The van der Waals surface area contributed by atoms with Gasteiger partial charge in [-0.2, -0.15) is 0 Å². The number of rotatable bonds is 4. The molecule has 2 saturated heterocycles. The number of aromatic nitrogens is 2. The van der Waals surface area contributed by atoms with Crippen LogP contribution in [0.4, 0.5) is 0 Å². The lowest BCUT2D eigenvalue weighted by Crippen LogP contribution is -2.43. The molecule has 2 aliphatic heterocycles. The highest BCUT2D eigenvalue weighted by Crippen LogP contribution is 2.38. The number of imidazole rings is 1. The highest BCUT2D eigenvalue weighted by Gasteiger charge is 2.45. The fourth-order valence-corrected chi connectivity index (χ4v) is 4.52. The van der Waals surface area contributed by atoms with Crippen molar-refractivity contribution >= 4 is 11.0 Å². The largest absolute Gasteiger partial charge is 0.370 e. The van der Waals surface area contributed by atoms with Gasteiger partial charge in [-0.3, -0.25) is 0 Å². The Morgan fingerprint density at radius 2 is 2.04 bits per heavy atom. The van der Waals surface area contributed by atoms with E-state index in [1.54, 1.807) is 0 Å². The van der Waals surface area contributed by atoms with Crippen molar-refractivity contribution < 1.29 is 4.74 Å². The molecule has 0 radical (unpaired) electrons. The van der Waals surface area contributed by atoms with E-state index in [1.165, 1.54) is 5.52 Å². The monoisotopic (exact) mass is 342 g/mol. The molecule has 0 amide bonds. The zero-order valence-electron chi connectivity index (χ0n) is 15.7. The van der Waals surface area contributed by atoms with Crippen molar-refractivity contribution in [3.8, 4) is 0 Å². The molecule has 4 rings (SSSR count). The van der Waals surface area contributed by atoms with E-state index in [2.05, 4.69) is 64.9 Å². The standard InChI is InChI=1S/C20H30N4O/c1-15-18(14-20(25-15)8-11-23(3)12-9-20)21-10-13-24-16(2)22-17-6-4-5-7-19(17)24/h4-7,15,18,21H,8-14H2,1-3H3. The summed E-state index contributed by atoms with van der Waals surface area (Å²) in [6.07, 6.45) is 3.77. The minimum atomic E-state index is 0.112. The first-order valence-electron chi connectivity index (χ1n) is 9.58. The van der Waals surface area contributed by atoms with E-state index >= 15 is 0 Å². The second kappa shape index (κ2) is 6.71. The topological polar surface area (TPSA) is 42.3 Å². The van der Waals surface area contributed by atoms with Crippen LogP contribution in [0.1, 0.15) is 32.0 Å². The Labute approximate surface area is 150 Å². The molecule has 2 unspecified atom stereocenters. The van der Waals surface area contributed by atoms with Gasteiger partial charge in [0.05, 0.1) is 22.7 Å². The van der Waals surface area contributed by atoms with Gasteiger partial charge < -0.3 is 19.5 Å². The molecule has 5 nitrogen and oxygen atoms in total. The summed E-state index contributed by atoms with van der Waals surface area (Å²) in [5.74, 6) is 1.09. The number of nitrogens with zero attached hydrogens (tertiary/aromatic N) is 3. The number of ether oxygens (including phenoxy) is 1. The van der Waals surface area contributed by atoms with Crippen LogP contribution in [0, 0.1) is 6.92 Å². The molecule has 0 saturated carbocycles. The van der Waals surface area contributed by atoms with E-state index in [0.717, 1.165) is 56.8 Å². The second-order valence-electron chi connectivity index (χ2n) is 7.87. The first-order valence-corrected chi connectivity index (χ1v) is 9.58. The minimum Gasteiger partial charge on any atom is -0.370 e. The van der Waals surface area contributed by atoms with Gasteiger partial charge in [0.1, 0.15) is 5.82 Å². The first-order chi connectivity index (χ1) is 12.1. The maximum Gasteiger partial charge on any atom is 0.106 e. The zero-order valence-corrected chi connectivity index (χ0v) is 15.7. The average Bonchev–Trinajstić information content (AvgIpc) is 3.08. The number of fused-ring (bicyclic) bond motifs is 1. The van der Waals surface area contributed by atoms with Crippen LogP contribution in [0.3, 0.4) is 0 Å². The lowest BCUT2D eigenvalue weighted by atomic mass is 9.87. The van der Waals surface area contributed by atoms with Gasteiger partial charge >= 0.3 is 0 Å². The van der Waals surface area contributed by atoms with Crippen LogP contribution in [0.2, 0.25) is 0 Å². The summed E-state index contributed by atoms with van der Waals surface area (Å²) in [4.78, 5) is 7.07. The van der Waals surface area contributed by atoms with E-state index in [4.69, 9.17) is 4.74 Å². The fraction of sp³-hybridized carbons (Fsp3) is 0.650. The molecule has 2 atom stereocenters. The number of nitrogens with one attached hydrogen (secondary N) is 1. The smallest absolute Gasteiger partial charge is 0.106 e. The molecule has 25 heavy (non-hydrogen) atoms. The van der Waals surface area contributed by atoms with Gasteiger partial charge in [0.25, 0.3) is 0 Å². The Bertz CT molecular complexity index is 732. The molecule has 2 fully saturated rings. The first kappa shape index (κ1) is 17.0. The molecule has 5 heteroatoms. The number of benzene rings is 1. The van der Waals surface area contributed by atoms with E-state index in [1.807, 2.05) is 0 Å². The molecule has 136 valence electrons. The number of hydrogen-bond acceptors (Lipinski definition) is 4. The predicted molar refractivity (Wildman–Crippen MR) is 101 cm³/mol. The van der Waals surface area contributed by atoms with Crippen LogP contribution >= 0.6 is 0 Å². The molecule has 3 heterocycles. The maximum absolute atomic E-state index is 6.42. The molecule has 1 aromatic carbocycles. The van der Waals surface area contributed by atoms with Crippen molar-refractivity contribution in [2.24, 2.45) is 0 Å². The van der Waals surface area contributed by atoms with Crippen molar-refractivity contribution in [1.29, 1.82) is 0 Å². The Kier molecular flexibility index (Phi) is 4.56. The van der Waals surface area contributed by atoms with E-state index in [0.29, 0.717) is 12.1 Å². The van der Waals surface area contributed by atoms with Crippen molar-refractivity contribution in [2.75, 3.05) is 26.7 Å². The number of aryl methyl sites for hydroxylation is 1. The summed E-state index contributed by atoms with van der Waals surface area (Å²) in [6, 6.07) is 8.84. The van der Waals surface area contributed by atoms with Crippen LogP contribution < -0.4 is 5.32 Å². The molecule has 1 spiro atoms. The summed E-state index contributed by atoms with van der Waals surface area (Å²) < 4.78 is 8.74. The quantitative estimate of drug-likeness (QED) is 0.927. The van der Waals surface area contributed by atoms with Gasteiger partial charge in [0.15, 0.2) is 0 Å². The summed E-state index contributed by atoms with van der Waals surface area (Å²) >= 11 is 0. The second-order valence-corrected chi connectivity index (χ2v) is 7.87. The third kappa shape index (κ3) is 3.33. The van der Waals surface area contributed by atoms with E-state index in [9.17, 15) is 0 Å². The number of hydrogen-bond donors (Lipinski definition) is 1. The van der Waals surface area contributed by atoms with Crippen LogP contribution in [0.15, 0.2) is 24.3 Å². The van der Waals surface area contributed by atoms with Gasteiger partial charge in [-0.25, -0.2) is 4.98 Å². The molecule has 1 aromatic heterocycles. The van der Waals surface area contributed by atoms with Crippen LogP contribution in [-0.4, -0.2) is 58.9 Å². The van der Waals surface area contributed by atoms with Crippen LogP contribution in [-0.2, 0) is 11.3 Å². The van der Waals surface area contributed by atoms with Crippen molar-refractivity contribution in [1.82, 2.24) is 19.8 Å². The summed E-state index contributed by atoms with van der Waals surface area (Å²) in [5.41, 5.74) is 2.42. The molecule has 0 aliphatic carbocycles. The van der Waals surface area contributed by atoms with Gasteiger partial charge in [-0.05, 0) is 52.3 Å². The highest BCUT2D eigenvalue weighted by molar-refractivity contribution is 5.75. The summed E-state index contributed by atoms with van der Waals surface area (Å²) in [5, 5.41) is 3.76. The number of likely N-dealkylation sites (tertiary alicyclic amines) is 1. The Morgan fingerprint density at radius 1 is 1.28 bits per heavy atom. The van der Waals surface area contributed by atoms with Gasteiger partial charge in [0, 0.05) is 32.2 Å². The molecule has 2 aromatic rings. The SMILES string of the molecule is Cc1nc2ccccc2n1CCNC1CC2(CCN(C)CC2)OC1C. The lowest BCUT2D eigenvalue weighted by Gasteiger charge is -2.37. The van der Waals surface area contributed by atoms with Crippen LogP contribution in [0.5, 0.6) is 0 Å².